The van der Waals surface area contributed by atoms with Gasteiger partial charge in [-0.1, -0.05) is 23.2 Å². The fourth-order valence-electron chi connectivity index (χ4n) is 1.92. The summed E-state index contributed by atoms with van der Waals surface area (Å²) in [5, 5.41) is 6.62. The Morgan fingerprint density at radius 2 is 2.05 bits per heavy atom. The fourth-order valence-corrected chi connectivity index (χ4v) is 2.62. The number of hydrogen-bond donors (Lipinski definition) is 2. The van der Waals surface area contributed by atoms with Gasteiger partial charge < -0.3 is 10.1 Å². The molecule has 4 nitrogen and oxygen atoms in total. The number of hydrogen-bond acceptors (Lipinski definition) is 3. The summed E-state index contributed by atoms with van der Waals surface area (Å²) < 4.78 is 5.45. The average molecular weight is 333 g/mol. The van der Waals surface area contributed by atoms with Crippen LogP contribution < -0.4 is 10.6 Å². The van der Waals surface area contributed by atoms with Crippen LogP contribution in [-0.2, 0) is 4.74 Å². The minimum absolute atomic E-state index is 0.158. The average Bonchev–Trinajstić information content (AvgIpc) is 2.88. The van der Waals surface area contributed by atoms with Crippen molar-refractivity contribution < 1.29 is 9.53 Å². The van der Waals surface area contributed by atoms with Gasteiger partial charge >= 0.3 is 0 Å². The van der Waals surface area contributed by atoms with E-state index < -0.39 is 0 Å². The predicted octanol–water partition coefficient (Wildman–Crippen LogP) is 2.78. The first-order valence-electron chi connectivity index (χ1n) is 6.21. The lowest BCUT2D eigenvalue weighted by Gasteiger charge is -2.13. The summed E-state index contributed by atoms with van der Waals surface area (Å²) in [6, 6.07) is 4.63. The summed E-state index contributed by atoms with van der Waals surface area (Å²) in [5.41, 5.74) is 0.365. The van der Waals surface area contributed by atoms with Crippen molar-refractivity contribution >= 4 is 46.4 Å². The van der Waals surface area contributed by atoms with Crippen molar-refractivity contribution in [2.24, 2.45) is 0 Å². The molecule has 0 spiro atoms. The minimum Gasteiger partial charge on any atom is -0.376 e. The largest absolute Gasteiger partial charge is 0.376 e. The van der Waals surface area contributed by atoms with Crippen LogP contribution in [0, 0.1) is 0 Å². The number of thiocarbonyl (C=S) groups is 1. The summed E-state index contributed by atoms with van der Waals surface area (Å²) in [6.07, 6.45) is 2.23. The quantitative estimate of drug-likeness (QED) is 0.835. The van der Waals surface area contributed by atoms with Crippen LogP contribution in [0.4, 0.5) is 0 Å². The number of carbonyl (C=O) groups excluding carboxylic acids is 1. The molecule has 1 unspecified atom stereocenters. The Kier molecular flexibility index (Phi) is 5.60. The highest BCUT2D eigenvalue weighted by molar-refractivity contribution is 7.80. The second-order valence-corrected chi connectivity index (χ2v) is 5.74. The third-order valence-electron chi connectivity index (χ3n) is 2.87. The molecule has 0 radical (unpaired) electrons. The van der Waals surface area contributed by atoms with E-state index in [2.05, 4.69) is 10.6 Å². The monoisotopic (exact) mass is 332 g/mol. The van der Waals surface area contributed by atoms with Crippen molar-refractivity contribution in [1.82, 2.24) is 10.6 Å². The Bertz CT molecular complexity index is 499. The lowest BCUT2D eigenvalue weighted by Crippen LogP contribution is -2.42. The Balaban J connectivity index is 1.85. The molecule has 20 heavy (non-hydrogen) atoms. The van der Waals surface area contributed by atoms with E-state index in [-0.39, 0.29) is 17.1 Å². The van der Waals surface area contributed by atoms with Crippen LogP contribution >= 0.6 is 35.4 Å². The third kappa shape index (κ3) is 4.59. The molecule has 1 atom stereocenters. The smallest absolute Gasteiger partial charge is 0.257 e. The minimum atomic E-state index is -0.348. The molecule has 1 saturated heterocycles. The van der Waals surface area contributed by atoms with Gasteiger partial charge in [0.25, 0.3) is 5.91 Å². The molecule has 1 heterocycles. The zero-order valence-corrected chi connectivity index (χ0v) is 12.9. The zero-order valence-electron chi connectivity index (χ0n) is 10.6. The Morgan fingerprint density at radius 3 is 2.65 bits per heavy atom. The number of nitrogens with one attached hydrogen (secondary N) is 2. The first-order chi connectivity index (χ1) is 9.54. The van der Waals surface area contributed by atoms with Crippen LogP contribution in [0.2, 0.25) is 10.0 Å². The molecule has 7 heteroatoms. The van der Waals surface area contributed by atoms with Gasteiger partial charge in [-0.15, -0.1) is 0 Å². The van der Waals surface area contributed by atoms with Crippen LogP contribution in [0.15, 0.2) is 18.2 Å². The number of amides is 1. The molecule has 1 amide bonds. The molecule has 0 aliphatic carbocycles. The van der Waals surface area contributed by atoms with Crippen molar-refractivity contribution in [2.45, 2.75) is 18.9 Å². The van der Waals surface area contributed by atoms with Gasteiger partial charge in [-0.05, 0) is 43.3 Å². The highest BCUT2D eigenvalue weighted by Crippen LogP contribution is 2.18. The number of ether oxygens (including phenoxy) is 1. The molecular formula is C13H14Cl2N2O2S. The van der Waals surface area contributed by atoms with E-state index in [1.807, 2.05) is 0 Å². The van der Waals surface area contributed by atoms with Gasteiger partial charge in [0.05, 0.1) is 6.10 Å². The highest BCUT2D eigenvalue weighted by atomic mass is 35.5. The highest BCUT2D eigenvalue weighted by Gasteiger charge is 2.16. The Morgan fingerprint density at radius 1 is 1.35 bits per heavy atom. The maximum atomic E-state index is 12.0. The van der Waals surface area contributed by atoms with Crippen molar-refractivity contribution in [3.63, 3.8) is 0 Å². The SMILES string of the molecule is O=C(NC(=S)NCC1CCCO1)c1cc(Cl)cc(Cl)c1. The van der Waals surface area contributed by atoms with Gasteiger partial charge in [-0.2, -0.15) is 0 Å². The molecule has 2 rings (SSSR count). The molecule has 0 saturated carbocycles. The maximum Gasteiger partial charge on any atom is 0.257 e. The predicted molar refractivity (Wildman–Crippen MR) is 83.5 cm³/mol. The van der Waals surface area contributed by atoms with Gasteiger partial charge in [-0.25, -0.2) is 0 Å². The van der Waals surface area contributed by atoms with E-state index in [9.17, 15) is 4.79 Å². The summed E-state index contributed by atoms with van der Waals surface area (Å²) >= 11 is 16.8. The molecule has 108 valence electrons. The summed E-state index contributed by atoms with van der Waals surface area (Å²) in [6.45, 7) is 1.38. The van der Waals surface area contributed by atoms with E-state index in [1.54, 1.807) is 6.07 Å². The van der Waals surface area contributed by atoms with E-state index in [1.165, 1.54) is 12.1 Å². The second-order valence-electron chi connectivity index (χ2n) is 4.46. The molecular weight excluding hydrogens is 319 g/mol. The lowest BCUT2D eigenvalue weighted by atomic mass is 10.2. The topological polar surface area (TPSA) is 50.4 Å². The Labute approximate surface area is 132 Å². The molecule has 0 aromatic heterocycles. The van der Waals surface area contributed by atoms with E-state index in [4.69, 9.17) is 40.2 Å². The van der Waals surface area contributed by atoms with Crippen molar-refractivity contribution in [3.05, 3.63) is 33.8 Å². The normalized spacial score (nSPS) is 17.8. The van der Waals surface area contributed by atoms with Crippen LogP contribution in [0.25, 0.3) is 0 Å². The summed E-state index contributed by atoms with van der Waals surface area (Å²) in [5.74, 6) is -0.348. The van der Waals surface area contributed by atoms with E-state index >= 15 is 0 Å². The molecule has 1 aliphatic rings. The second kappa shape index (κ2) is 7.22. The Hall–Kier alpha value is -0.880. The summed E-state index contributed by atoms with van der Waals surface area (Å²) in [4.78, 5) is 12.0. The molecule has 1 fully saturated rings. The van der Waals surface area contributed by atoms with Crippen molar-refractivity contribution in [2.75, 3.05) is 13.2 Å². The van der Waals surface area contributed by atoms with Crippen LogP contribution in [0.5, 0.6) is 0 Å². The summed E-state index contributed by atoms with van der Waals surface area (Å²) in [7, 11) is 0. The van der Waals surface area contributed by atoms with E-state index in [0.29, 0.717) is 22.2 Å². The van der Waals surface area contributed by atoms with Gasteiger partial charge in [0, 0.05) is 28.8 Å². The van der Waals surface area contributed by atoms with E-state index in [0.717, 1.165) is 19.4 Å². The number of benzene rings is 1. The first-order valence-corrected chi connectivity index (χ1v) is 7.38. The van der Waals surface area contributed by atoms with Crippen molar-refractivity contribution in [1.29, 1.82) is 0 Å². The zero-order chi connectivity index (χ0) is 14.5. The van der Waals surface area contributed by atoms with Gasteiger partial charge in [0.15, 0.2) is 5.11 Å². The molecule has 1 aromatic rings. The van der Waals surface area contributed by atoms with Crippen molar-refractivity contribution in [3.8, 4) is 0 Å². The van der Waals surface area contributed by atoms with Gasteiger partial charge in [-0.3, -0.25) is 10.1 Å². The van der Waals surface area contributed by atoms with Crippen LogP contribution in [0.3, 0.4) is 0 Å². The molecule has 1 aromatic carbocycles. The number of halogens is 2. The van der Waals surface area contributed by atoms with Gasteiger partial charge in [0.2, 0.25) is 0 Å². The lowest BCUT2D eigenvalue weighted by molar-refractivity contribution is 0.0973. The van der Waals surface area contributed by atoms with Gasteiger partial charge in [0.1, 0.15) is 0 Å². The fraction of sp³-hybridized carbons (Fsp3) is 0.385. The number of carbonyl (C=O) groups is 1. The standard InChI is InChI=1S/C13H14Cl2N2O2S/c14-9-4-8(5-10(15)6-9)12(18)17-13(20)16-7-11-2-1-3-19-11/h4-6,11H,1-3,7H2,(H2,16,17,18,20). The first kappa shape index (κ1) is 15.5. The molecule has 0 bridgehead atoms. The molecule has 1 aliphatic heterocycles. The van der Waals surface area contributed by atoms with Crippen LogP contribution in [0.1, 0.15) is 23.2 Å². The number of rotatable bonds is 3. The third-order valence-corrected chi connectivity index (χ3v) is 3.55. The maximum absolute atomic E-state index is 12.0. The van der Waals surface area contributed by atoms with Crippen LogP contribution in [-0.4, -0.2) is 30.3 Å². The molecule has 2 N–H and O–H groups in total.